The minimum absolute atomic E-state index is 0.0147. The van der Waals surface area contributed by atoms with Crippen molar-refractivity contribution in [3.63, 3.8) is 0 Å². The minimum atomic E-state index is -0.589. The van der Waals surface area contributed by atoms with E-state index in [1.165, 1.54) is 5.06 Å². The number of benzene rings is 1. The second kappa shape index (κ2) is 7.79. The molecule has 22 heavy (non-hydrogen) atoms. The Labute approximate surface area is 130 Å². The van der Waals surface area contributed by atoms with E-state index in [0.717, 1.165) is 12.0 Å². The van der Waals surface area contributed by atoms with Crippen LogP contribution in [0.2, 0.25) is 0 Å². The average molecular weight is 305 g/mol. The predicted molar refractivity (Wildman–Crippen MR) is 82.7 cm³/mol. The number of urea groups is 1. The summed E-state index contributed by atoms with van der Waals surface area (Å²) in [5.74, 6) is -0.207. The first kappa shape index (κ1) is 16.3. The molecule has 0 spiro atoms. The molecule has 1 aromatic rings. The monoisotopic (exact) mass is 305 g/mol. The van der Waals surface area contributed by atoms with Crippen molar-refractivity contribution < 1.29 is 14.4 Å². The summed E-state index contributed by atoms with van der Waals surface area (Å²) >= 11 is 0. The molecule has 3 amide bonds. The SMILES string of the molecule is CC(C)C(NC(=O)NCc1ccccc1)C(=O)N1CCCO1. The maximum Gasteiger partial charge on any atom is 0.315 e. The van der Waals surface area contributed by atoms with E-state index >= 15 is 0 Å². The van der Waals surface area contributed by atoms with Crippen LogP contribution in [0.3, 0.4) is 0 Å². The first-order chi connectivity index (χ1) is 10.6. The molecule has 1 atom stereocenters. The Hall–Kier alpha value is -2.08. The molecule has 1 unspecified atom stereocenters. The molecule has 1 aliphatic heterocycles. The van der Waals surface area contributed by atoms with Crippen LogP contribution < -0.4 is 10.6 Å². The molecule has 6 heteroatoms. The third-order valence-electron chi connectivity index (χ3n) is 3.51. The third kappa shape index (κ3) is 4.46. The van der Waals surface area contributed by atoms with E-state index < -0.39 is 6.04 Å². The normalized spacial score (nSPS) is 15.7. The Morgan fingerprint density at radius 3 is 2.59 bits per heavy atom. The minimum Gasteiger partial charge on any atom is -0.334 e. The highest BCUT2D eigenvalue weighted by Gasteiger charge is 2.31. The van der Waals surface area contributed by atoms with Gasteiger partial charge in [0.1, 0.15) is 6.04 Å². The topological polar surface area (TPSA) is 70.7 Å². The van der Waals surface area contributed by atoms with Gasteiger partial charge in [0.05, 0.1) is 13.2 Å². The summed E-state index contributed by atoms with van der Waals surface area (Å²) < 4.78 is 0. The molecule has 1 heterocycles. The van der Waals surface area contributed by atoms with Gasteiger partial charge in [-0.25, -0.2) is 9.86 Å². The van der Waals surface area contributed by atoms with Gasteiger partial charge in [-0.1, -0.05) is 44.2 Å². The Bertz CT molecular complexity index is 499. The quantitative estimate of drug-likeness (QED) is 0.869. The van der Waals surface area contributed by atoms with Crippen LogP contribution in [0.25, 0.3) is 0 Å². The number of carbonyl (C=O) groups is 2. The van der Waals surface area contributed by atoms with Gasteiger partial charge in [0, 0.05) is 6.54 Å². The maximum absolute atomic E-state index is 12.4. The summed E-state index contributed by atoms with van der Waals surface area (Å²) in [7, 11) is 0. The van der Waals surface area contributed by atoms with Gasteiger partial charge in [0.15, 0.2) is 0 Å². The lowest BCUT2D eigenvalue weighted by Crippen LogP contribution is -2.52. The first-order valence-electron chi connectivity index (χ1n) is 7.60. The lowest BCUT2D eigenvalue weighted by atomic mass is 10.0. The summed E-state index contributed by atoms with van der Waals surface area (Å²) in [6.45, 7) is 5.35. The lowest BCUT2D eigenvalue weighted by Gasteiger charge is -2.25. The zero-order valence-corrected chi connectivity index (χ0v) is 13.0. The fourth-order valence-electron chi connectivity index (χ4n) is 2.26. The molecule has 0 bridgehead atoms. The molecule has 0 aliphatic carbocycles. The van der Waals surface area contributed by atoms with Crippen LogP contribution >= 0.6 is 0 Å². The van der Waals surface area contributed by atoms with Crippen molar-refractivity contribution in [2.45, 2.75) is 32.9 Å². The van der Waals surface area contributed by atoms with Gasteiger partial charge in [-0.05, 0) is 17.9 Å². The number of hydrogen-bond acceptors (Lipinski definition) is 3. The molecule has 0 aromatic heterocycles. The van der Waals surface area contributed by atoms with Crippen molar-refractivity contribution in [1.29, 1.82) is 0 Å². The van der Waals surface area contributed by atoms with Gasteiger partial charge in [0.2, 0.25) is 0 Å². The molecule has 1 aromatic carbocycles. The van der Waals surface area contributed by atoms with Gasteiger partial charge < -0.3 is 10.6 Å². The first-order valence-corrected chi connectivity index (χ1v) is 7.60. The van der Waals surface area contributed by atoms with Crippen molar-refractivity contribution in [3.8, 4) is 0 Å². The van der Waals surface area contributed by atoms with Gasteiger partial charge >= 0.3 is 6.03 Å². The number of hydroxylamine groups is 2. The summed E-state index contributed by atoms with van der Waals surface area (Å²) in [5.41, 5.74) is 1.01. The second-order valence-electron chi connectivity index (χ2n) is 5.66. The molecule has 120 valence electrons. The van der Waals surface area contributed by atoms with E-state index in [0.29, 0.717) is 19.7 Å². The summed E-state index contributed by atoms with van der Waals surface area (Å²) in [4.78, 5) is 29.6. The van der Waals surface area contributed by atoms with Crippen LogP contribution in [0.15, 0.2) is 30.3 Å². The maximum atomic E-state index is 12.4. The number of rotatable bonds is 5. The van der Waals surface area contributed by atoms with Gasteiger partial charge in [-0.2, -0.15) is 0 Å². The Morgan fingerprint density at radius 1 is 1.27 bits per heavy atom. The largest absolute Gasteiger partial charge is 0.334 e. The Morgan fingerprint density at radius 2 is 2.00 bits per heavy atom. The van der Waals surface area contributed by atoms with Crippen LogP contribution in [0.5, 0.6) is 0 Å². The fraction of sp³-hybridized carbons (Fsp3) is 0.500. The number of hydrogen-bond donors (Lipinski definition) is 2. The van der Waals surface area contributed by atoms with E-state index in [1.807, 2.05) is 44.2 Å². The van der Waals surface area contributed by atoms with Crippen LogP contribution in [0, 0.1) is 5.92 Å². The van der Waals surface area contributed by atoms with E-state index in [1.54, 1.807) is 0 Å². The van der Waals surface area contributed by atoms with E-state index in [2.05, 4.69) is 10.6 Å². The van der Waals surface area contributed by atoms with Crippen LogP contribution in [-0.2, 0) is 16.2 Å². The van der Waals surface area contributed by atoms with Crippen LogP contribution in [0.4, 0.5) is 4.79 Å². The zero-order valence-electron chi connectivity index (χ0n) is 13.0. The summed E-state index contributed by atoms with van der Waals surface area (Å²) in [5, 5.41) is 6.86. The standard InChI is InChI=1S/C16H23N3O3/c1-12(2)14(15(20)19-9-6-10-22-19)18-16(21)17-11-13-7-4-3-5-8-13/h3-5,7-8,12,14H,6,9-11H2,1-2H3,(H2,17,18,21). The van der Waals surface area contributed by atoms with E-state index in [-0.39, 0.29) is 17.9 Å². The highest BCUT2D eigenvalue weighted by Crippen LogP contribution is 2.11. The molecule has 2 rings (SSSR count). The Kier molecular flexibility index (Phi) is 5.77. The highest BCUT2D eigenvalue weighted by molar-refractivity contribution is 5.86. The van der Waals surface area contributed by atoms with Gasteiger partial charge in [-0.15, -0.1) is 0 Å². The molecule has 0 radical (unpaired) electrons. The molecule has 6 nitrogen and oxygen atoms in total. The highest BCUT2D eigenvalue weighted by atomic mass is 16.7. The number of nitrogens with zero attached hydrogens (tertiary/aromatic N) is 1. The van der Waals surface area contributed by atoms with Gasteiger partial charge in [-0.3, -0.25) is 9.63 Å². The van der Waals surface area contributed by atoms with Crippen LogP contribution in [0.1, 0.15) is 25.8 Å². The molecule has 2 N–H and O–H groups in total. The smallest absolute Gasteiger partial charge is 0.315 e. The molecule has 1 aliphatic rings. The molecular weight excluding hydrogens is 282 g/mol. The van der Waals surface area contributed by atoms with Crippen molar-refractivity contribution in [2.75, 3.05) is 13.2 Å². The number of nitrogens with one attached hydrogen (secondary N) is 2. The van der Waals surface area contributed by atoms with Gasteiger partial charge in [0.25, 0.3) is 5.91 Å². The zero-order chi connectivity index (χ0) is 15.9. The van der Waals surface area contributed by atoms with Crippen molar-refractivity contribution >= 4 is 11.9 Å². The lowest BCUT2D eigenvalue weighted by molar-refractivity contribution is -0.171. The van der Waals surface area contributed by atoms with Crippen molar-refractivity contribution in [2.24, 2.45) is 5.92 Å². The van der Waals surface area contributed by atoms with E-state index in [4.69, 9.17) is 4.84 Å². The fourth-order valence-corrected chi connectivity index (χ4v) is 2.26. The van der Waals surface area contributed by atoms with Crippen LogP contribution in [-0.4, -0.2) is 36.2 Å². The summed E-state index contributed by atoms with van der Waals surface area (Å²) in [6, 6.07) is 8.68. The summed E-state index contributed by atoms with van der Waals surface area (Å²) in [6.07, 6.45) is 0.830. The Balaban J connectivity index is 1.87. The number of carbonyl (C=O) groups excluding carboxylic acids is 2. The molecule has 1 fully saturated rings. The molecular formula is C16H23N3O3. The molecule has 1 saturated heterocycles. The third-order valence-corrected chi connectivity index (χ3v) is 3.51. The predicted octanol–water partition coefficient (Wildman–Crippen LogP) is 1.67. The number of amides is 3. The molecule has 0 saturated carbocycles. The second-order valence-corrected chi connectivity index (χ2v) is 5.66. The van der Waals surface area contributed by atoms with Crippen molar-refractivity contribution in [1.82, 2.24) is 15.7 Å². The van der Waals surface area contributed by atoms with E-state index in [9.17, 15) is 9.59 Å². The van der Waals surface area contributed by atoms with Crippen molar-refractivity contribution in [3.05, 3.63) is 35.9 Å². The average Bonchev–Trinajstić information content (AvgIpc) is 3.05.